The molecular weight excluding hydrogens is 340 g/mol. The van der Waals surface area contributed by atoms with Crippen LogP contribution in [0.1, 0.15) is 28.9 Å². The van der Waals surface area contributed by atoms with Gasteiger partial charge in [0.1, 0.15) is 0 Å². The molecule has 0 spiro atoms. The first-order valence-electron chi connectivity index (χ1n) is 7.87. The third-order valence-electron chi connectivity index (χ3n) is 4.12. The maximum atomic E-state index is 12.5. The van der Waals surface area contributed by atoms with E-state index in [1.54, 1.807) is 12.1 Å². The third-order valence-corrected chi connectivity index (χ3v) is 5.19. The minimum absolute atomic E-state index is 0.0520. The number of carbonyl (C=O) groups excluding carboxylic acids is 2. The quantitative estimate of drug-likeness (QED) is 0.884. The average Bonchev–Trinajstić information content (AvgIpc) is 3.08. The zero-order valence-corrected chi connectivity index (χ0v) is 14.3. The maximum absolute atomic E-state index is 12.5. The molecule has 25 heavy (non-hydrogen) atoms. The van der Waals surface area contributed by atoms with Crippen LogP contribution in [0.3, 0.4) is 0 Å². The number of carbonyl (C=O) groups is 2. The summed E-state index contributed by atoms with van der Waals surface area (Å²) in [5.41, 5.74) is 2.12. The van der Waals surface area contributed by atoms with E-state index >= 15 is 0 Å². The molecule has 0 bridgehead atoms. The van der Waals surface area contributed by atoms with Crippen molar-refractivity contribution in [1.82, 2.24) is 5.32 Å². The van der Waals surface area contributed by atoms with Gasteiger partial charge in [-0.05, 0) is 42.8 Å². The van der Waals surface area contributed by atoms with Crippen molar-refractivity contribution in [1.29, 1.82) is 0 Å². The number of rotatable bonds is 3. The molecule has 2 aliphatic heterocycles. The minimum Gasteiger partial charge on any atom is -0.454 e. The van der Waals surface area contributed by atoms with Crippen LogP contribution in [0.15, 0.2) is 41.3 Å². The Bertz CT molecular complexity index is 868. The van der Waals surface area contributed by atoms with E-state index in [2.05, 4.69) is 10.6 Å². The van der Waals surface area contributed by atoms with Gasteiger partial charge in [-0.15, -0.1) is 11.8 Å². The summed E-state index contributed by atoms with van der Waals surface area (Å²) < 4.78 is 10.7. The normalized spacial score (nSPS) is 16.0. The highest BCUT2D eigenvalue weighted by Crippen LogP contribution is 2.34. The zero-order valence-electron chi connectivity index (χ0n) is 13.5. The molecule has 0 saturated heterocycles. The third kappa shape index (κ3) is 3.15. The molecule has 2 aliphatic rings. The second-order valence-electron chi connectivity index (χ2n) is 5.86. The van der Waals surface area contributed by atoms with Gasteiger partial charge in [-0.1, -0.05) is 6.07 Å². The van der Waals surface area contributed by atoms with E-state index < -0.39 is 0 Å². The molecule has 0 aromatic heterocycles. The number of hydrogen-bond donors (Lipinski definition) is 2. The van der Waals surface area contributed by atoms with Gasteiger partial charge >= 0.3 is 0 Å². The zero-order chi connectivity index (χ0) is 17.4. The molecule has 2 amide bonds. The number of amides is 2. The SMILES string of the molecule is CC(NC(=O)c1ccc2c(c1)NC(=O)CS2)c1ccc2c(c1)OCO2. The molecule has 0 fully saturated rings. The molecule has 0 saturated carbocycles. The van der Waals surface area contributed by atoms with E-state index in [0.717, 1.165) is 10.5 Å². The fraction of sp³-hybridized carbons (Fsp3) is 0.222. The van der Waals surface area contributed by atoms with Crippen molar-refractivity contribution in [2.45, 2.75) is 17.9 Å². The molecule has 2 heterocycles. The van der Waals surface area contributed by atoms with Crippen LogP contribution >= 0.6 is 11.8 Å². The van der Waals surface area contributed by atoms with E-state index in [-0.39, 0.29) is 24.6 Å². The molecule has 0 aliphatic carbocycles. The molecule has 4 rings (SSSR count). The maximum Gasteiger partial charge on any atom is 0.251 e. The first-order valence-corrected chi connectivity index (χ1v) is 8.86. The van der Waals surface area contributed by atoms with Gasteiger partial charge in [-0.25, -0.2) is 0 Å². The highest BCUT2D eigenvalue weighted by Gasteiger charge is 2.20. The Morgan fingerprint density at radius 3 is 2.92 bits per heavy atom. The second-order valence-corrected chi connectivity index (χ2v) is 6.87. The number of benzene rings is 2. The van der Waals surface area contributed by atoms with Crippen molar-refractivity contribution in [3.63, 3.8) is 0 Å². The molecule has 2 N–H and O–H groups in total. The van der Waals surface area contributed by atoms with Gasteiger partial charge < -0.3 is 20.1 Å². The fourth-order valence-corrected chi connectivity index (χ4v) is 3.56. The Balaban J connectivity index is 1.50. The summed E-state index contributed by atoms with van der Waals surface area (Å²) in [5, 5.41) is 5.77. The van der Waals surface area contributed by atoms with Crippen LogP contribution in [0, 0.1) is 0 Å². The van der Waals surface area contributed by atoms with Gasteiger partial charge in [-0.2, -0.15) is 0 Å². The van der Waals surface area contributed by atoms with Crippen LogP contribution in [0.5, 0.6) is 11.5 Å². The summed E-state index contributed by atoms with van der Waals surface area (Å²) in [6, 6.07) is 10.8. The first-order chi connectivity index (χ1) is 12.1. The number of thioether (sulfide) groups is 1. The Labute approximate surface area is 148 Å². The average molecular weight is 356 g/mol. The molecule has 6 nitrogen and oxygen atoms in total. The van der Waals surface area contributed by atoms with Crippen LogP contribution in [0.25, 0.3) is 0 Å². The number of anilines is 1. The van der Waals surface area contributed by atoms with Gasteiger partial charge in [-0.3, -0.25) is 9.59 Å². The monoisotopic (exact) mass is 356 g/mol. The van der Waals surface area contributed by atoms with Crippen LogP contribution in [-0.4, -0.2) is 24.4 Å². The second kappa shape index (κ2) is 6.33. The molecule has 2 aromatic carbocycles. The van der Waals surface area contributed by atoms with Gasteiger partial charge in [0, 0.05) is 10.5 Å². The lowest BCUT2D eigenvalue weighted by Gasteiger charge is -2.18. The van der Waals surface area contributed by atoms with Gasteiger partial charge in [0.15, 0.2) is 11.5 Å². The lowest BCUT2D eigenvalue weighted by Crippen LogP contribution is -2.27. The van der Waals surface area contributed by atoms with E-state index in [9.17, 15) is 9.59 Å². The predicted octanol–water partition coefficient (Wildman–Crippen LogP) is 2.95. The lowest BCUT2D eigenvalue weighted by molar-refractivity contribution is -0.113. The molecule has 1 atom stereocenters. The summed E-state index contributed by atoms with van der Waals surface area (Å²) >= 11 is 1.47. The van der Waals surface area contributed by atoms with Crippen molar-refractivity contribution in [3.05, 3.63) is 47.5 Å². The Hall–Kier alpha value is -2.67. The van der Waals surface area contributed by atoms with Gasteiger partial charge in [0.05, 0.1) is 17.5 Å². The van der Waals surface area contributed by atoms with Gasteiger partial charge in [0.2, 0.25) is 12.7 Å². The minimum atomic E-state index is -0.196. The smallest absolute Gasteiger partial charge is 0.251 e. The Morgan fingerprint density at radius 2 is 2.04 bits per heavy atom. The summed E-state index contributed by atoms with van der Waals surface area (Å²) in [6.45, 7) is 2.13. The van der Waals surface area contributed by atoms with Crippen LogP contribution < -0.4 is 20.1 Å². The number of ether oxygens (including phenoxy) is 2. The molecule has 7 heteroatoms. The van der Waals surface area contributed by atoms with E-state index in [4.69, 9.17) is 9.47 Å². The number of nitrogens with one attached hydrogen (secondary N) is 2. The number of fused-ring (bicyclic) bond motifs is 2. The molecule has 0 radical (unpaired) electrons. The molecule has 128 valence electrons. The lowest BCUT2D eigenvalue weighted by atomic mass is 10.1. The van der Waals surface area contributed by atoms with Crippen LogP contribution in [0.2, 0.25) is 0 Å². The summed E-state index contributed by atoms with van der Waals surface area (Å²) in [7, 11) is 0. The van der Waals surface area contributed by atoms with Crippen molar-refractivity contribution in [2.75, 3.05) is 17.9 Å². The van der Waals surface area contributed by atoms with Crippen LogP contribution in [-0.2, 0) is 4.79 Å². The first kappa shape index (κ1) is 15.8. The summed E-state index contributed by atoms with van der Waals surface area (Å²) in [6.07, 6.45) is 0. The van der Waals surface area contributed by atoms with Crippen molar-refractivity contribution in [2.24, 2.45) is 0 Å². The molecule has 2 aromatic rings. The van der Waals surface area contributed by atoms with E-state index in [1.807, 2.05) is 31.2 Å². The predicted molar refractivity (Wildman–Crippen MR) is 94.2 cm³/mol. The number of hydrogen-bond acceptors (Lipinski definition) is 5. The van der Waals surface area contributed by atoms with E-state index in [1.165, 1.54) is 11.8 Å². The van der Waals surface area contributed by atoms with E-state index in [0.29, 0.717) is 28.5 Å². The van der Waals surface area contributed by atoms with Gasteiger partial charge in [0.25, 0.3) is 5.91 Å². The largest absolute Gasteiger partial charge is 0.454 e. The summed E-state index contributed by atoms with van der Waals surface area (Å²) in [5.74, 6) is 1.55. The summed E-state index contributed by atoms with van der Waals surface area (Å²) in [4.78, 5) is 25.0. The fourth-order valence-electron chi connectivity index (χ4n) is 2.77. The van der Waals surface area contributed by atoms with Crippen molar-refractivity contribution < 1.29 is 19.1 Å². The molecule has 1 unspecified atom stereocenters. The van der Waals surface area contributed by atoms with Crippen LogP contribution in [0.4, 0.5) is 5.69 Å². The topological polar surface area (TPSA) is 76.7 Å². The Morgan fingerprint density at radius 1 is 1.20 bits per heavy atom. The Kier molecular flexibility index (Phi) is 4.01. The van der Waals surface area contributed by atoms with Crippen molar-refractivity contribution in [3.8, 4) is 11.5 Å². The van der Waals surface area contributed by atoms with Crippen molar-refractivity contribution >= 4 is 29.3 Å². The highest BCUT2D eigenvalue weighted by molar-refractivity contribution is 8.00. The molecular formula is C18H16N2O4S. The highest BCUT2D eigenvalue weighted by atomic mass is 32.2. The standard InChI is InChI=1S/C18H16N2O4S/c1-10(11-2-4-14-15(7-11)24-9-23-14)19-18(22)12-3-5-16-13(6-12)20-17(21)8-25-16/h2-7,10H,8-9H2,1H3,(H,19,22)(H,20,21).